The lowest BCUT2D eigenvalue weighted by atomic mass is 10.1. The minimum absolute atomic E-state index is 0.500. The molecule has 1 saturated heterocycles. The minimum Gasteiger partial charge on any atom is -0.385 e. The van der Waals surface area contributed by atoms with Crippen LogP contribution in [0.3, 0.4) is 0 Å². The minimum atomic E-state index is -2.98. The second-order valence-electron chi connectivity index (χ2n) is 2.15. The van der Waals surface area contributed by atoms with Crippen LogP contribution in [0.1, 0.15) is 0 Å². The van der Waals surface area contributed by atoms with Crippen LogP contribution in [-0.4, -0.2) is 17.9 Å². The molecule has 66 valence electrons. The second kappa shape index (κ2) is 2.30. The highest BCUT2D eigenvalue weighted by Gasteiger charge is 2.62. The number of hydrogen-bond acceptors (Lipinski definition) is 3. The highest BCUT2D eigenvalue weighted by atomic mass is 19.2. The third-order valence-corrected chi connectivity index (χ3v) is 1.45. The van der Waals surface area contributed by atoms with Crippen LogP contribution in [0, 0.1) is 0 Å². The Kier molecular flexibility index (Phi) is 1.67. The first-order valence-electron chi connectivity index (χ1n) is 3.04. The van der Waals surface area contributed by atoms with Crippen LogP contribution >= 0.6 is 0 Å². The van der Waals surface area contributed by atoms with Crippen LogP contribution in [-0.2, 0) is 9.47 Å². The van der Waals surface area contributed by atoms with Crippen molar-refractivity contribution in [3.8, 4) is 0 Å². The molecule has 1 fully saturated rings. The molecule has 5 heteroatoms. The van der Waals surface area contributed by atoms with E-state index < -0.39 is 17.9 Å². The van der Waals surface area contributed by atoms with Crippen LogP contribution < -0.4 is 0 Å². The summed E-state index contributed by atoms with van der Waals surface area (Å²) < 4.78 is 34.2. The number of halogens is 2. The first-order valence-corrected chi connectivity index (χ1v) is 3.04. The van der Waals surface area contributed by atoms with Gasteiger partial charge in [-0.2, -0.15) is 8.78 Å². The summed E-state index contributed by atoms with van der Waals surface area (Å²) in [6.07, 6.45) is -0.432. The van der Waals surface area contributed by atoms with E-state index in [4.69, 9.17) is 0 Å². The Morgan fingerprint density at radius 3 is 1.75 bits per heavy atom. The summed E-state index contributed by atoms with van der Waals surface area (Å²) in [5, 5.41) is 0. The molecule has 0 aromatic carbocycles. The van der Waals surface area contributed by atoms with Crippen LogP contribution in [0.2, 0.25) is 0 Å². The first kappa shape index (κ1) is 8.70. The maximum absolute atomic E-state index is 13.2. The molecule has 1 aliphatic heterocycles. The molecule has 0 saturated carbocycles. The Hall–Kier alpha value is -1.39. The van der Waals surface area contributed by atoms with E-state index in [1.54, 1.807) is 0 Å². The fourth-order valence-electron chi connectivity index (χ4n) is 0.764. The first-order chi connectivity index (χ1) is 5.47. The molecule has 0 aliphatic carbocycles. The van der Waals surface area contributed by atoms with Gasteiger partial charge >= 0.3 is 17.9 Å². The molecular weight excluding hydrogens is 170 g/mol. The summed E-state index contributed by atoms with van der Waals surface area (Å²) in [6.45, 7) is 5.94. The van der Waals surface area contributed by atoms with E-state index >= 15 is 0 Å². The van der Waals surface area contributed by atoms with Gasteiger partial charge in [0.25, 0.3) is 0 Å². The van der Waals surface area contributed by atoms with E-state index in [9.17, 15) is 13.6 Å². The van der Waals surface area contributed by atoms with Crippen molar-refractivity contribution in [2.24, 2.45) is 0 Å². The van der Waals surface area contributed by atoms with Crippen molar-refractivity contribution < 1.29 is 23.0 Å². The SMILES string of the molecule is C=CC1(F)OC(=O)OC1(F)C=C. The molecule has 1 aliphatic rings. The Morgan fingerprint density at radius 2 is 1.50 bits per heavy atom. The summed E-state index contributed by atoms with van der Waals surface area (Å²) in [5.41, 5.74) is 0. The molecule has 0 aromatic rings. The molecule has 3 nitrogen and oxygen atoms in total. The van der Waals surface area contributed by atoms with Crippen molar-refractivity contribution >= 4 is 6.16 Å². The van der Waals surface area contributed by atoms with Gasteiger partial charge in [-0.1, -0.05) is 13.2 Å². The van der Waals surface area contributed by atoms with Gasteiger partial charge in [0.1, 0.15) is 0 Å². The molecule has 0 aromatic heterocycles. The molecular formula is C7H6F2O3. The maximum atomic E-state index is 13.2. The lowest BCUT2D eigenvalue weighted by Crippen LogP contribution is -2.41. The fourth-order valence-corrected chi connectivity index (χ4v) is 0.764. The molecule has 2 unspecified atom stereocenters. The third-order valence-electron chi connectivity index (χ3n) is 1.45. The lowest BCUT2D eigenvalue weighted by Gasteiger charge is -2.21. The quantitative estimate of drug-likeness (QED) is 0.475. The van der Waals surface area contributed by atoms with Gasteiger partial charge in [-0.25, -0.2) is 4.79 Å². The van der Waals surface area contributed by atoms with Crippen molar-refractivity contribution in [1.82, 2.24) is 0 Å². The topological polar surface area (TPSA) is 35.5 Å². The number of hydrogen-bond donors (Lipinski definition) is 0. The average Bonchev–Trinajstić information content (AvgIpc) is 2.25. The molecule has 0 spiro atoms. The number of ether oxygens (including phenoxy) is 2. The maximum Gasteiger partial charge on any atom is 0.514 e. The summed E-state index contributed by atoms with van der Waals surface area (Å²) >= 11 is 0. The standard InChI is InChI=1S/C7H6F2O3/c1-3-6(8)7(9,4-2)12-5(10)11-6/h3-4H,1-2H2. The molecule has 0 bridgehead atoms. The van der Waals surface area contributed by atoms with Crippen molar-refractivity contribution in [2.45, 2.75) is 11.7 Å². The van der Waals surface area contributed by atoms with Crippen molar-refractivity contribution in [3.05, 3.63) is 25.3 Å². The number of alkyl halides is 2. The summed E-state index contributed by atoms with van der Waals surface area (Å²) in [7, 11) is 0. The highest BCUT2D eigenvalue weighted by molar-refractivity contribution is 5.65. The Labute approximate surface area is 67.3 Å². The average molecular weight is 176 g/mol. The van der Waals surface area contributed by atoms with Gasteiger partial charge in [0.05, 0.1) is 0 Å². The summed E-state index contributed by atoms with van der Waals surface area (Å²) in [5.74, 6) is -5.96. The number of cyclic esters (lactones) is 2. The molecule has 0 radical (unpaired) electrons. The molecule has 0 amide bonds. The zero-order chi connectivity index (χ0) is 9.41. The lowest BCUT2D eigenvalue weighted by molar-refractivity contribution is -0.152. The van der Waals surface area contributed by atoms with Gasteiger partial charge in [0.15, 0.2) is 0 Å². The van der Waals surface area contributed by atoms with E-state index in [-0.39, 0.29) is 0 Å². The highest BCUT2D eigenvalue weighted by Crippen LogP contribution is 2.41. The normalized spacial score (nSPS) is 40.0. The summed E-state index contributed by atoms with van der Waals surface area (Å²) in [6, 6.07) is 0. The van der Waals surface area contributed by atoms with E-state index in [0.29, 0.717) is 12.2 Å². The zero-order valence-corrected chi connectivity index (χ0v) is 6.05. The van der Waals surface area contributed by atoms with Gasteiger partial charge in [-0.3, -0.25) is 0 Å². The van der Waals surface area contributed by atoms with Gasteiger partial charge in [0, 0.05) is 0 Å². The Balaban J connectivity index is 3.09. The molecule has 12 heavy (non-hydrogen) atoms. The predicted octanol–water partition coefficient (Wildman–Crippen LogP) is 1.86. The van der Waals surface area contributed by atoms with Gasteiger partial charge < -0.3 is 9.47 Å². The smallest absolute Gasteiger partial charge is 0.385 e. The van der Waals surface area contributed by atoms with Crippen molar-refractivity contribution in [1.29, 1.82) is 0 Å². The van der Waals surface area contributed by atoms with Gasteiger partial charge in [-0.05, 0) is 12.2 Å². The van der Waals surface area contributed by atoms with Gasteiger partial charge in [0.2, 0.25) is 0 Å². The molecule has 1 rings (SSSR count). The van der Waals surface area contributed by atoms with Gasteiger partial charge in [-0.15, -0.1) is 0 Å². The number of carbonyl (C=O) groups excluding carboxylic acids is 1. The number of rotatable bonds is 2. The molecule has 0 N–H and O–H groups in total. The molecule has 2 atom stereocenters. The van der Waals surface area contributed by atoms with Crippen LogP contribution in [0.15, 0.2) is 25.3 Å². The monoisotopic (exact) mass is 176 g/mol. The second-order valence-corrected chi connectivity index (χ2v) is 2.15. The zero-order valence-electron chi connectivity index (χ0n) is 6.05. The molecule has 1 heterocycles. The largest absolute Gasteiger partial charge is 0.514 e. The van der Waals surface area contributed by atoms with E-state index in [2.05, 4.69) is 22.6 Å². The van der Waals surface area contributed by atoms with Crippen LogP contribution in [0.4, 0.5) is 13.6 Å². The van der Waals surface area contributed by atoms with E-state index in [1.807, 2.05) is 0 Å². The fraction of sp³-hybridized carbons (Fsp3) is 0.286. The number of carbonyl (C=O) groups is 1. The van der Waals surface area contributed by atoms with Crippen molar-refractivity contribution in [2.75, 3.05) is 0 Å². The Morgan fingerprint density at radius 1 is 1.17 bits per heavy atom. The van der Waals surface area contributed by atoms with Crippen molar-refractivity contribution in [3.63, 3.8) is 0 Å². The predicted molar refractivity (Wildman–Crippen MR) is 35.6 cm³/mol. The summed E-state index contributed by atoms with van der Waals surface area (Å²) in [4.78, 5) is 10.4. The van der Waals surface area contributed by atoms with Crippen LogP contribution in [0.5, 0.6) is 0 Å². The third kappa shape index (κ3) is 0.895. The van der Waals surface area contributed by atoms with E-state index in [1.165, 1.54) is 0 Å². The Bertz CT molecular complexity index is 229. The van der Waals surface area contributed by atoms with E-state index in [0.717, 1.165) is 0 Å². The van der Waals surface area contributed by atoms with Crippen LogP contribution in [0.25, 0.3) is 0 Å².